The minimum atomic E-state index is -1.06. The highest BCUT2D eigenvalue weighted by Gasteiger charge is 2.11. The summed E-state index contributed by atoms with van der Waals surface area (Å²) in [4.78, 5) is 22.4. The maximum atomic E-state index is 11.5. The number of amides is 1. The Bertz CT molecular complexity index is 403. The van der Waals surface area contributed by atoms with Crippen LogP contribution in [-0.2, 0) is 9.53 Å². The molecule has 0 heterocycles. The number of carboxylic acid groups (broad SMARTS) is 1. The Morgan fingerprint density at radius 3 is 2.71 bits per heavy atom. The van der Waals surface area contributed by atoms with Crippen LogP contribution in [0, 0.1) is 0 Å². The number of carboxylic acids is 1. The number of hydrogen-bond acceptors (Lipinski definition) is 3. The second-order valence-electron chi connectivity index (χ2n) is 3.50. The van der Waals surface area contributed by atoms with Gasteiger partial charge in [0.05, 0.1) is 11.3 Å². The normalized spacial score (nSPS) is 9.94. The monoisotopic (exact) mass is 237 g/mol. The third-order valence-electron chi connectivity index (χ3n) is 2.18. The van der Waals surface area contributed by atoms with E-state index in [1.807, 2.05) is 0 Å². The van der Waals surface area contributed by atoms with E-state index in [0.29, 0.717) is 25.1 Å². The van der Waals surface area contributed by atoms with Gasteiger partial charge in [0.25, 0.3) is 0 Å². The number of anilines is 1. The van der Waals surface area contributed by atoms with E-state index >= 15 is 0 Å². The summed E-state index contributed by atoms with van der Waals surface area (Å²) in [6.45, 7) is 0.508. The number of ether oxygens (including phenoxy) is 1. The van der Waals surface area contributed by atoms with Gasteiger partial charge in [-0.3, -0.25) is 4.79 Å². The topological polar surface area (TPSA) is 75.6 Å². The molecule has 0 radical (unpaired) electrons. The molecule has 0 aliphatic carbocycles. The lowest BCUT2D eigenvalue weighted by molar-refractivity contribution is -0.116. The molecule has 2 N–H and O–H groups in total. The molecule has 1 aromatic rings. The second kappa shape index (κ2) is 6.65. The number of nitrogens with one attached hydrogen (secondary N) is 1. The lowest BCUT2D eigenvalue weighted by Crippen LogP contribution is -2.14. The molecule has 5 heteroatoms. The third-order valence-corrected chi connectivity index (χ3v) is 2.18. The zero-order chi connectivity index (χ0) is 12.7. The molecule has 1 aromatic carbocycles. The Balaban J connectivity index is 2.61. The van der Waals surface area contributed by atoms with Gasteiger partial charge in [0.2, 0.25) is 5.91 Å². The van der Waals surface area contributed by atoms with Crippen LogP contribution in [0.2, 0.25) is 0 Å². The van der Waals surface area contributed by atoms with Gasteiger partial charge in [-0.05, 0) is 18.6 Å². The first-order valence-corrected chi connectivity index (χ1v) is 5.26. The minimum Gasteiger partial charge on any atom is -0.478 e. The maximum absolute atomic E-state index is 11.5. The van der Waals surface area contributed by atoms with E-state index < -0.39 is 5.97 Å². The van der Waals surface area contributed by atoms with E-state index in [4.69, 9.17) is 9.84 Å². The van der Waals surface area contributed by atoms with Crippen molar-refractivity contribution in [3.8, 4) is 0 Å². The summed E-state index contributed by atoms with van der Waals surface area (Å²) in [5.74, 6) is -1.27. The highest BCUT2D eigenvalue weighted by atomic mass is 16.5. The fourth-order valence-electron chi connectivity index (χ4n) is 1.37. The Hall–Kier alpha value is -1.88. The molecular weight excluding hydrogens is 222 g/mol. The third kappa shape index (κ3) is 4.24. The highest BCUT2D eigenvalue weighted by molar-refractivity contribution is 6.00. The van der Waals surface area contributed by atoms with Crippen molar-refractivity contribution in [2.75, 3.05) is 19.0 Å². The molecule has 0 aliphatic heterocycles. The number of hydrogen-bond donors (Lipinski definition) is 2. The predicted molar refractivity (Wildman–Crippen MR) is 63.1 cm³/mol. The number of rotatable bonds is 6. The van der Waals surface area contributed by atoms with Crippen LogP contribution in [0.25, 0.3) is 0 Å². The quantitative estimate of drug-likeness (QED) is 0.739. The predicted octanol–water partition coefficient (Wildman–Crippen LogP) is 1.75. The number of methoxy groups -OCH3 is 1. The van der Waals surface area contributed by atoms with Crippen molar-refractivity contribution in [2.45, 2.75) is 12.8 Å². The SMILES string of the molecule is COCCCC(=O)Nc1ccccc1C(=O)O. The summed E-state index contributed by atoms with van der Waals surface area (Å²) in [5, 5.41) is 11.5. The Labute approximate surface area is 99.4 Å². The van der Waals surface area contributed by atoms with Gasteiger partial charge in [-0.15, -0.1) is 0 Å². The molecule has 0 aromatic heterocycles. The molecule has 0 saturated heterocycles. The van der Waals surface area contributed by atoms with E-state index in [0.717, 1.165) is 0 Å². The van der Waals surface area contributed by atoms with Gasteiger partial charge in [0, 0.05) is 20.1 Å². The molecule has 0 unspecified atom stereocenters. The van der Waals surface area contributed by atoms with Gasteiger partial charge < -0.3 is 15.2 Å². The van der Waals surface area contributed by atoms with Crippen molar-refractivity contribution in [1.29, 1.82) is 0 Å². The van der Waals surface area contributed by atoms with E-state index in [1.165, 1.54) is 6.07 Å². The van der Waals surface area contributed by atoms with Gasteiger partial charge in [-0.25, -0.2) is 4.79 Å². The van der Waals surface area contributed by atoms with Crippen molar-refractivity contribution in [2.24, 2.45) is 0 Å². The van der Waals surface area contributed by atoms with Gasteiger partial charge >= 0.3 is 5.97 Å². The number of benzene rings is 1. The molecule has 1 amide bonds. The molecule has 92 valence electrons. The van der Waals surface area contributed by atoms with E-state index in [9.17, 15) is 9.59 Å². The van der Waals surface area contributed by atoms with Crippen molar-refractivity contribution in [3.05, 3.63) is 29.8 Å². The van der Waals surface area contributed by atoms with E-state index in [-0.39, 0.29) is 11.5 Å². The smallest absolute Gasteiger partial charge is 0.337 e. The van der Waals surface area contributed by atoms with Gasteiger partial charge in [-0.2, -0.15) is 0 Å². The first kappa shape index (κ1) is 13.2. The lowest BCUT2D eigenvalue weighted by Gasteiger charge is -2.07. The molecule has 0 saturated carbocycles. The summed E-state index contributed by atoms with van der Waals surface area (Å²) in [6.07, 6.45) is 0.916. The molecule has 0 atom stereocenters. The van der Waals surface area contributed by atoms with Crippen LogP contribution in [0.1, 0.15) is 23.2 Å². The molecule has 0 spiro atoms. The van der Waals surface area contributed by atoms with E-state index in [1.54, 1.807) is 25.3 Å². The number of carbonyl (C=O) groups excluding carboxylic acids is 1. The number of para-hydroxylation sites is 1. The fourth-order valence-corrected chi connectivity index (χ4v) is 1.37. The molecular formula is C12H15NO4. The average molecular weight is 237 g/mol. The summed E-state index contributed by atoms with van der Waals surface area (Å²) in [7, 11) is 1.57. The van der Waals surface area contributed by atoms with Crippen LogP contribution >= 0.6 is 0 Å². The molecule has 0 fully saturated rings. The lowest BCUT2D eigenvalue weighted by atomic mass is 10.1. The van der Waals surface area contributed by atoms with Gasteiger partial charge in [-0.1, -0.05) is 12.1 Å². The Morgan fingerprint density at radius 1 is 1.35 bits per heavy atom. The van der Waals surface area contributed by atoms with Crippen molar-refractivity contribution in [1.82, 2.24) is 0 Å². The first-order chi connectivity index (χ1) is 8.15. The van der Waals surface area contributed by atoms with Crippen LogP contribution in [0.3, 0.4) is 0 Å². The summed E-state index contributed by atoms with van der Waals surface area (Å²) in [5.41, 5.74) is 0.412. The summed E-state index contributed by atoms with van der Waals surface area (Å²) in [6, 6.07) is 6.31. The molecule has 1 rings (SSSR count). The largest absolute Gasteiger partial charge is 0.478 e. The van der Waals surface area contributed by atoms with Gasteiger partial charge in [0.15, 0.2) is 0 Å². The van der Waals surface area contributed by atoms with Crippen LogP contribution < -0.4 is 5.32 Å². The van der Waals surface area contributed by atoms with Crippen LogP contribution in [0.5, 0.6) is 0 Å². The fraction of sp³-hybridized carbons (Fsp3) is 0.333. The van der Waals surface area contributed by atoms with Crippen molar-refractivity contribution < 1.29 is 19.4 Å². The van der Waals surface area contributed by atoms with Gasteiger partial charge in [0.1, 0.15) is 0 Å². The van der Waals surface area contributed by atoms with E-state index in [2.05, 4.69) is 5.32 Å². The zero-order valence-corrected chi connectivity index (χ0v) is 9.60. The first-order valence-electron chi connectivity index (χ1n) is 5.26. The molecule has 5 nitrogen and oxygen atoms in total. The van der Waals surface area contributed by atoms with Crippen LogP contribution in [0.4, 0.5) is 5.69 Å². The zero-order valence-electron chi connectivity index (χ0n) is 9.60. The highest BCUT2D eigenvalue weighted by Crippen LogP contribution is 2.15. The summed E-state index contributed by atoms with van der Waals surface area (Å²) >= 11 is 0. The number of carbonyl (C=O) groups is 2. The van der Waals surface area contributed by atoms with Crippen molar-refractivity contribution in [3.63, 3.8) is 0 Å². The maximum Gasteiger partial charge on any atom is 0.337 e. The molecule has 17 heavy (non-hydrogen) atoms. The Morgan fingerprint density at radius 2 is 2.06 bits per heavy atom. The second-order valence-corrected chi connectivity index (χ2v) is 3.50. The Kier molecular flexibility index (Phi) is 5.16. The average Bonchev–Trinajstić information content (AvgIpc) is 2.29. The van der Waals surface area contributed by atoms with Crippen LogP contribution in [-0.4, -0.2) is 30.7 Å². The van der Waals surface area contributed by atoms with Crippen LogP contribution in [0.15, 0.2) is 24.3 Å². The standard InChI is InChI=1S/C12H15NO4/c1-17-8-4-7-11(14)13-10-6-3-2-5-9(10)12(15)16/h2-3,5-6H,4,7-8H2,1H3,(H,13,14)(H,15,16). The number of aromatic carboxylic acids is 1. The molecule has 0 bridgehead atoms. The summed E-state index contributed by atoms with van der Waals surface area (Å²) < 4.78 is 4.83. The van der Waals surface area contributed by atoms with Crippen molar-refractivity contribution >= 4 is 17.6 Å². The minimum absolute atomic E-state index is 0.0904. The molecule has 0 aliphatic rings.